The van der Waals surface area contributed by atoms with Crippen LogP contribution in [0.5, 0.6) is 0 Å². The van der Waals surface area contributed by atoms with Gasteiger partial charge in [0.1, 0.15) is 0 Å². The van der Waals surface area contributed by atoms with E-state index in [1.54, 1.807) is 6.07 Å². The molecule has 6 heteroatoms. The maximum absolute atomic E-state index is 12.7. The molecule has 1 aromatic heterocycles. The standard InChI is InChI=1S/C22H32N2O3S/c1-17(2)16-24-14-13-19-20(11-6-12-21(19)24)22(25)23-28(26,27)15-7-10-18-8-4-3-5-9-18/h6,11-14,17-18H,3-5,7-10,15-16H2,1-2H3,(H,23,25). The fourth-order valence-electron chi connectivity index (χ4n) is 4.26. The van der Waals surface area contributed by atoms with Crippen LogP contribution < -0.4 is 4.72 Å². The zero-order chi connectivity index (χ0) is 20.1. The lowest BCUT2D eigenvalue weighted by Gasteiger charge is -2.21. The minimum absolute atomic E-state index is 0.0135. The summed E-state index contributed by atoms with van der Waals surface area (Å²) in [5.74, 6) is 0.608. The number of aromatic nitrogens is 1. The van der Waals surface area contributed by atoms with E-state index in [0.717, 1.165) is 23.9 Å². The van der Waals surface area contributed by atoms with E-state index in [-0.39, 0.29) is 5.75 Å². The van der Waals surface area contributed by atoms with Gasteiger partial charge in [-0.05, 0) is 42.9 Å². The topological polar surface area (TPSA) is 68.2 Å². The minimum atomic E-state index is -3.62. The van der Waals surface area contributed by atoms with Crippen molar-refractivity contribution in [1.29, 1.82) is 0 Å². The molecule has 1 aromatic carbocycles. The number of rotatable bonds is 8. The van der Waals surface area contributed by atoms with Crippen LogP contribution in [0.2, 0.25) is 0 Å². The highest BCUT2D eigenvalue weighted by atomic mass is 32.2. The van der Waals surface area contributed by atoms with E-state index in [9.17, 15) is 13.2 Å². The normalized spacial score (nSPS) is 16.0. The van der Waals surface area contributed by atoms with Crippen LogP contribution in [0.1, 0.15) is 69.2 Å². The molecule has 1 fully saturated rings. The lowest BCUT2D eigenvalue weighted by molar-refractivity contribution is 0.0983. The van der Waals surface area contributed by atoms with Crippen molar-refractivity contribution in [3.05, 3.63) is 36.0 Å². The Balaban J connectivity index is 1.64. The predicted molar refractivity (Wildman–Crippen MR) is 114 cm³/mol. The largest absolute Gasteiger partial charge is 0.347 e. The molecule has 0 radical (unpaired) electrons. The second kappa shape index (κ2) is 9.12. The van der Waals surface area contributed by atoms with Gasteiger partial charge in [-0.2, -0.15) is 0 Å². The van der Waals surface area contributed by atoms with Crippen molar-refractivity contribution in [2.45, 2.75) is 65.3 Å². The van der Waals surface area contributed by atoms with Gasteiger partial charge in [0, 0.05) is 29.2 Å². The first kappa shape index (κ1) is 20.9. The number of fused-ring (bicyclic) bond motifs is 1. The highest BCUT2D eigenvalue weighted by Crippen LogP contribution is 2.27. The van der Waals surface area contributed by atoms with Crippen LogP contribution in [0.15, 0.2) is 30.5 Å². The van der Waals surface area contributed by atoms with E-state index >= 15 is 0 Å². The highest BCUT2D eigenvalue weighted by Gasteiger charge is 2.20. The van der Waals surface area contributed by atoms with Crippen molar-refractivity contribution in [3.63, 3.8) is 0 Å². The van der Waals surface area contributed by atoms with Crippen LogP contribution in [0.25, 0.3) is 10.9 Å². The molecule has 0 spiro atoms. The van der Waals surface area contributed by atoms with E-state index in [2.05, 4.69) is 23.1 Å². The molecule has 154 valence electrons. The van der Waals surface area contributed by atoms with E-state index in [1.807, 2.05) is 24.4 Å². The average Bonchev–Trinajstić information content (AvgIpc) is 3.04. The summed E-state index contributed by atoms with van der Waals surface area (Å²) >= 11 is 0. The molecular weight excluding hydrogens is 372 g/mol. The molecule has 1 N–H and O–H groups in total. The summed E-state index contributed by atoms with van der Waals surface area (Å²) < 4.78 is 29.2. The first-order chi connectivity index (χ1) is 13.4. The van der Waals surface area contributed by atoms with Gasteiger partial charge in [0.25, 0.3) is 5.91 Å². The van der Waals surface area contributed by atoms with Crippen LogP contribution in [-0.4, -0.2) is 24.6 Å². The number of nitrogens with one attached hydrogen (secondary N) is 1. The number of hydrogen-bond donors (Lipinski definition) is 1. The molecule has 28 heavy (non-hydrogen) atoms. The van der Waals surface area contributed by atoms with Gasteiger partial charge < -0.3 is 4.57 Å². The second-order valence-corrected chi connectivity index (χ2v) is 10.3. The molecule has 0 unspecified atom stereocenters. The van der Waals surface area contributed by atoms with E-state index in [1.165, 1.54) is 32.1 Å². The molecule has 0 aliphatic heterocycles. The summed E-state index contributed by atoms with van der Waals surface area (Å²) in [6, 6.07) is 7.36. The Morgan fingerprint density at radius 3 is 2.64 bits per heavy atom. The first-order valence-corrected chi connectivity index (χ1v) is 12.1. The minimum Gasteiger partial charge on any atom is -0.347 e. The third kappa shape index (κ3) is 5.37. The fourth-order valence-corrected chi connectivity index (χ4v) is 5.30. The summed E-state index contributed by atoms with van der Waals surface area (Å²) in [6.45, 7) is 5.14. The Hall–Kier alpha value is -1.82. The maximum Gasteiger partial charge on any atom is 0.265 e. The van der Waals surface area contributed by atoms with Crippen molar-refractivity contribution >= 4 is 26.8 Å². The van der Waals surface area contributed by atoms with Crippen molar-refractivity contribution in [1.82, 2.24) is 9.29 Å². The summed E-state index contributed by atoms with van der Waals surface area (Å²) in [5.41, 5.74) is 1.37. The number of nitrogens with zero attached hydrogens (tertiary/aromatic N) is 1. The molecule has 1 amide bonds. The monoisotopic (exact) mass is 404 g/mol. The van der Waals surface area contributed by atoms with Gasteiger partial charge in [-0.25, -0.2) is 13.1 Å². The van der Waals surface area contributed by atoms with Gasteiger partial charge in [-0.1, -0.05) is 52.0 Å². The molecule has 1 heterocycles. The summed E-state index contributed by atoms with van der Waals surface area (Å²) in [7, 11) is -3.62. The number of amides is 1. The molecule has 1 aliphatic carbocycles. The van der Waals surface area contributed by atoms with Crippen LogP contribution in [0.4, 0.5) is 0 Å². The van der Waals surface area contributed by atoms with Gasteiger partial charge in [0.2, 0.25) is 10.0 Å². The summed E-state index contributed by atoms with van der Waals surface area (Å²) in [5, 5.41) is 0.790. The van der Waals surface area contributed by atoms with Crippen molar-refractivity contribution in [2.75, 3.05) is 5.75 Å². The smallest absolute Gasteiger partial charge is 0.265 e. The van der Waals surface area contributed by atoms with Gasteiger partial charge in [-0.3, -0.25) is 4.79 Å². The number of sulfonamides is 1. The maximum atomic E-state index is 12.7. The van der Waals surface area contributed by atoms with Crippen LogP contribution in [-0.2, 0) is 16.6 Å². The fraction of sp³-hybridized carbons (Fsp3) is 0.591. The third-order valence-corrected chi connectivity index (χ3v) is 6.94. The number of benzene rings is 1. The zero-order valence-corrected chi connectivity index (χ0v) is 17.8. The predicted octanol–water partition coefficient (Wildman–Crippen LogP) is 4.72. The van der Waals surface area contributed by atoms with E-state index < -0.39 is 15.9 Å². The quantitative estimate of drug-likeness (QED) is 0.692. The number of carbonyl (C=O) groups excluding carboxylic acids is 1. The summed E-state index contributed by atoms with van der Waals surface area (Å²) in [6.07, 6.45) is 9.74. The zero-order valence-electron chi connectivity index (χ0n) is 17.0. The van der Waals surface area contributed by atoms with Gasteiger partial charge in [0.15, 0.2) is 0 Å². The second-order valence-electron chi connectivity index (χ2n) is 8.50. The van der Waals surface area contributed by atoms with E-state index in [4.69, 9.17) is 0 Å². The van der Waals surface area contributed by atoms with Crippen molar-refractivity contribution in [2.24, 2.45) is 11.8 Å². The Kier molecular flexibility index (Phi) is 6.81. The molecule has 2 aromatic rings. The Labute approximate surface area is 168 Å². The Morgan fingerprint density at radius 1 is 1.18 bits per heavy atom. The van der Waals surface area contributed by atoms with Crippen molar-refractivity contribution < 1.29 is 13.2 Å². The Bertz CT molecular complexity index is 909. The third-order valence-electron chi connectivity index (χ3n) is 5.62. The van der Waals surface area contributed by atoms with Gasteiger partial charge in [-0.15, -0.1) is 0 Å². The van der Waals surface area contributed by atoms with E-state index in [0.29, 0.717) is 23.8 Å². The molecule has 3 rings (SSSR count). The SMILES string of the molecule is CC(C)Cn1ccc2c(C(=O)NS(=O)(=O)CCCC3CCCCC3)cccc21. The molecule has 5 nitrogen and oxygen atoms in total. The average molecular weight is 405 g/mol. The Morgan fingerprint density at radius 2 is 1.93 bits per heavy atom. The number of carbonyl (C=O) groups is 1. The lowest BCUT2D eigenvalue weighted by atomic mass is 9.86. The lowest BCUT2D eigenvalue weighted by Crippen LogP contribution is -2.32. The van der Waals surface area contributed by atoms with Crippen LogP contribution >= 0.6 is 0 Å². The first-order valence-electron chi connectivity index (χ1n) is 10.5. The molecule has 0 saturated heterocycles. The number of hydrogen-bond acceptors (Lipinski definition) is 3. The highest BCUT2D eigenvalue weighted by molar-refractivity contribution is 7.90. The molecule has 0 atom stereocenters. The van der Waals surface area contributed by atoms with Crippen LogP contribution in [0, 0.1) is 11.8 Å². The molecule has 1 saturated carbocycles. The van der Waals surface area contributed by atoms with Gasteiger partial charge >= 0.3 is 0 Å². The molecule has 1 aliphatic rings. The summed E-state index contributed by atoms with van der Waals surface area (Å²) in [4.78, 5) is 12.7. The van der Waals surface area contributed by atoms with Crippen molar-refractivity contribution in [3.8, 4) is 0 Å². The van der Waals surface area contributed by atoms with Crippen LogP contribution in [0.3, 0.4) is 0 Å². The van der Waals surface area contributed by atoms with Gasteiger partial charge in [0.05, 0.1) is 5.75 Å². The molecule has 0 bridgehead atoms. The molecular formula is C22H32N2O3S.